The molecule has 0 saturated heterocycles. The number of amides is 1. The zero-order valence-corrected chi connectivity index (χ0v) is 12.6. The molecule has 1 aromatic carbocycles. The second kappa shape index (κ2) is 7.58. The Kier molecular flexibility index (Phi) is 6.42. The molecule has 0 aliphatic carbocycles. The van der Waals surface area contributed by atoms with Crippen molar-refractivity contribution in [3.05, 3.63) is 35.4 Å². The van der Waals surface area contributed by atoms with Gasteiger partial charge in [0.2, 0.25) is 5.91 Å². The molecule has 1 N–H and O–H groups in total. The first-order valence-electron chi connectivity index (χ1n) is 6.24. The van der Waals surface area contributed by atoms with Gasteiger partial charge in [0.25, 0.3) is 0 Å². The summed E-state index contributed by atoms with van der Waals surface area (Å²) < 4.78 is 26.5. The molecule has 0 fully saturated rings. The van der Waals surface area contributed by atoms with Gasteiger partial charge in [-0.05, 0) is 18.4 Å². The zero-order valence-electron chi connectivity index (χ0n) is 11.1. The van der Waals surface area contributed by atoms with Gasteiger partial charge in [0.15, 0.2) is 11.6 Å². The van der Waals surface area contributed by atoms with Gasteiger partial charge >= 0.3 is 0 Å². The highest BCUT2D eigenvalue weighted by atomic mass is 79.9. The summed E-state index contributed by atoms with van der Waals surface area (Å²) in [6.07, 6.45) is 0.657. The maximum absolute atomic E-state index is 13.4. The standard InChI is InChI=1S/C14H18BrF2NO/c1-9(2)12(6-7-15)18-13(19)8-10-4-3-5-11(16)14(10)17/h3-5,9,12H,6-8H2,1-2H3,(H,18,19). The normalized spacial score (nSPS) is 12.5. The van der Waals surface area contributed by atoms with Crippen LogP contribution in [0.25, 0.3) is 0 Å². The van der Waals surface area contributed by atoms with Crippen molar-refractivity contribution < 1.29 is 13.6 Å². The highest BCUT2D eigenvalue weighted by Gasteiger charge is 2.17. The molecular formula is C14H18BrF2NO. The van der Waals surface area contributed by atoms with Crippen LogP contribution in [0.15, 0.2) is 18.2 Å². The molecule has 2 nitrogen and oxygen atoms in total. The summed E-state index contributed by atoms with van der Waals surface area (Å²) >= 11 is 3.34. The van der Waals surface area contributed by atoms with Crippen LogP contribution in [0.1, 0.15) is 25.8 Å². The van der Waals surface area contributed by atoms with Gasteiger partial charge in [-0.15, -0.1) is 0 Å². The van der Waals surface area contributed by atoms with E-state index < -0.39 is 11.6 Å². The largest absolute Gasteiger partial charge is 0.353 e. The first-order valence-corrected chi connectivity index (χ1v) is 7.36. The fraction of sp³-hybridized carbons (Fsp3) is 0.500. The molecule has 0 aliphatic heterocycles. The van der Waals surface area contributed by atoms with E-state index in [1.807, 2.05) is 13.8 Å². The van der Waals surface area contributed by atoms with Crippen LogP contribution in [0.2, 0.25) is 0 Å². The molecule has 0 heterocycles. The van der Waals surface area contributed by atoms with E-state index in [-0.39, 0.29) is 23.9 Å². The lowest BCUT2D eigenvalue weighted by Gasteiger charge is -2.21. The lowest BCUT2D eigenvalue weighted by atomic mass is 10.0. The van der Waals surface area contributed by atoms with E-state index in [0.717, 1.165) is 17.8 Å². The van der Waals surface area contributed by atoms with E-state index in [1.165, 1.54) is 12.1 Å². The minimum atomic E-state index is -0.945. The van der Waals surface area contributed by atoms with Crippen LogP contribution >= 0.6 is 15.9 Å². The zero-order chi connectivity index (χ0) is 14.4. The molecule has 5 heteroatoms. The number of hydrogen-bond acceptors (Lipinski definition) is 1. The van der Waals surface area contributed by atoms with Gasteiger partial charge in [0, 0.05) is 16.9 Å². The van der Waals surface area contributed by atoms with Gasteiger partial charge in [-0.25, -0.2) is 8.78 Å². The number of hydrogen-bond donors (Lipinski definition) is 1. The number of carbonyl (C=O) groups is 1. The van der Waals surface area contributed by atoms with Gasteiger partial charge < -0.3 is 5.32 Å². The van der Waals surface area contributed by atoms with Crippen molar-refractivity contribution >= 4 is 21.8 Å². The lowest BCUT2D eigenvalue weighted by molar-refractivity contribution is -0.121. The third-order valence-electron chi connectivity index (χ3n) is 2.95. The Bertz CT molecular complexity index is 437. The molecule has 0 bridgehead atoms. The molecule has 1 aromatic rings. The summed E-state index contributed by atoms with van der Waals surface area (Å²) in [5.41, 5.74) is 0.0823. The Morgan fingerprint density at radius 2 is 2.05 bits per heavy atom. The van der Waals surface area contributed by atoms with Gasteiger partial charge in [-0.3, -0.25) is 4.79 Å². The molecule has 0 aromatic heterocycles. The van der Waals surface area contributed by atoms with Gasteiger partial charge in [0.1, 0.15) is 0 Å². The summed E-state index contributed by atoms with van der Waals surface area (Å²) in [7, 11) is 0. The van der Waals surface area contributed by atoms with E-state index in [0.29, 0.717) is 5.92 Å². The molecule has 19 heavy (non-hydrogen) atoms. The van der Waals surface area contributed by atoms with E-state index in [9.17, 15) is 13.6 Å². The molecule has 0 radical (unpaired) electrons. The van der Waals surface area contributed by atoms with Crippen LogP contribution in [0.3, 0.4) is 0 Å². The van der Waals surface area contributed by atoms with Crippen molar-refractivity contribution in [1.82, 2.24) is 5.32 Å². The third kappa shape index (κ3) is 4.90. The SMILES string of the molecule is CC(C)C(CCBr)NC(=O)Cc1cccc(F)c1F. The predicted octanol–water partition coefficient (Wildman–Crippen LogP) is 3.43. The quantitative estimate of drug-likeness (QED) is 0.794. The van der Waals surface area contributed by atoms with Crippen molar-refractivity contribution in [3.63, 3.8) is 0 Å². The number of benzene rings is 1. The van der Waals surface area contributed by atoms with Crippen LogP contribution in [-0.2, 0) is 11.2 Å². The molecule has 106 valence electrons. The van der Waals surface area contributed by atoms with Gasteiger partial charge in [-0.1, -0.05) is 41.9 Å². The summed E-state index contributed by atoms with van der Waals surface area (Å²) in [5, 5.41) is 3.64. The summed E-state index contributed by atoms with van der Waals surface area (Å²) in [5.74, 6) is -1.87. The average molecular weight is 334 g/mol. The number of rotatable bonds is 6. The maximum atomic E-state index is 13.4. The molecule has 1 atom stereocenters. The van der Waals surface area contributed by atoms with Crippen molar-refractivity contribution in [3.8, 4) is 0 Å². The topological polar surface area (TPSA) is 29.1 Å². The fourth-order valence-electron chi connectivity index (χ4n) is 1.81. The fourth-order valence-corrected chi connectivity index (χ4v) is 2.30. The van der Waals surface area contributed by atoms with Crippen molar-refractivity contribution in [2.75, 3.05) is 5.33 Å². The molecule has 1 amide bonds. The van der Waals surface area contributed by atoms with E-state index in [4.69, 9.17) is 0 Å². The summed E-state index contributed by atoms with van der Waals surface area (Å²) in [4.78, 5) is 11.9. The van der Waals surface area contributed by atoms with E-state index in [2.05, 4.69) is 21.2 Å². The first kappa shape index (κ1) is 16.1. The Labute approximate surface area is 120 Å². The van der Waals surface area contributed by atoms with Gasteiger partial charge in [0.05, 0.1) is 6.42 Å². The van der Waals surface area contributed by atoms with Crippen LogP contribution in [0.5, 0.6) is 0 Å². The lowest BCUT2D eigenvalue weighted by Crippen LogP contribution is -2.39. The highest BCUT2D eigenvalue weighted by Crippen LogP contribution is 2.13. The number of alkyl halides is 1. The Morgan fingerprint density at radius 1 is 1.37 bits per heavy atom. The van der Waals surface area contributed by atoms with Gasteiger partial charge in [-0.2, -0.15) is 0 Å². The average Bonchev–Trinajstić information content (AvgIpc) is 2.34. The van der Waals surface area contributed by atoms with Crippen LogP contribution < -0.4 is 5.32 Å². The van der Waals surface area contributed by atoms with E-state index >= 15 is 0 Å². The first-order chi connectivity index (χ1) is 8.95. The predicted molar refractivity (Wildman–Crippen MR) is 75.2 cm³/mol. The highest BCUT2D eigenvalue weighted by molar-refractivity contribution is 9.09. The van der Waals surface area contributed by atoms with Crippen LogP contribution in [0.4, 0.5) is 8.78 Å². The molecule has 1 rings (SSSR count). The third-order valence-corrected chi connectivity index (χ3v) is 3.41. The second-order valence-corrected chi connectivity index (χ2v) is 5.58. The molecule has 1 unspecified atom stereocenters. The van der Waals surface area contributed by atoms with Crippen molar-refractivity contribution in [2.45, 2.75) is 32.7 Å². The molecule has 0 saturated carbocycles. The minimum absolute atomic E-state index is 0.0310. The number of halogens is 3. The van der Waals surface area contributed by atoms with Crippen LogP contribution in [0, 0.1) is 17.6 Å². The Morgan fingerprint density at radius 3 is 2.63 bits per heavy atom. The van der Waals surface area contributed by atoms with Crippen molar-refractivity contribution in [2.24, 2.45) is 5.92 Å². The molecule has 0 spiro atoms. The van der Waals surface area contributed by atoms with E-state index in [1.54, 1.807) is 0 Å². The Balaban J connectivity index is 2.66. The summed E-state index contributed by atoms with van der Waals surface area (Å²) in [6.45, 7) is 4.02. The molecule has 0 aliphatic rings. The van der Waals surface area contributed by atoms with Crippen molar-refractivity contribution in [1.29, 1.82) is 0 Å². The number of nitrogens with one attached hydrogen (secondary N) is 1. The van der Waals surface area contributed by atoms with Crippen LogP contribution in [-0.4, -0.2) is 17.3 Å². The second-order valence-electron chi connectivity index (χ2n) is 4.79. The molecular weight excluding hydrogens is 316 g/mol. The Hall–Kier alpha value is -0.970. The minimum Gasteiger partial charge on any atom is -0.353 e. The smallest absolute Gasteiger partial charge is 0.224 e. The number of carbonyl (C=O) groups excluding carboxylic acids is 1. The summed E-state index contributed by atoms with van der Waals surface area (Å²) in [6, 6.07) is 3.90. The maximum Gasteiger partial charge on any atom is 0.224 e. The monoisotopic (exact) mass is 333 g/mol.